The average Bonchev–Trinajstić information content (AvgIpc) is 1.99. The van der Waals surface area contributed by atoms with E-state index in [0.717, 1.165) is 37.5 Å². The number of carbonyl (C=O) groups is 1. The lowest BCUT2D eigenvalue weighted by Gasteiger charge is -2.41. The Morgan fingerprint density at radius 3 is 2.21 bits per heavy atom. The van der Waals surface area contributed by atoms with Crippen molar-refractivity contribution in [1.82, 2.24) is 5.32 Å². The highest BCUT2D eigenvalue weighted by atomic mass is 16.1. The predicted octanol–water partition coefficient (Wildman–Crippen LogP) is 1.03. The van der Waals surface area contributed by atoms with Crippen LogP contribution in [0.4, 0.5) is 0 Å². The first-order chi connectivity index (χ1) is 6.63. The second-order valence-corrected chi connectivity index (χ2v) is 5.07. The summed E-state index contributed by atoms with van der Waals surface area (Å²) in [6.45, 7) is 1.61. The van der Waals surface area contributed by atoms with Crippen molar-refractivity contribution < 1.29 is 4.79 Å². The van der Waals surface area contributed by atoms with Crippen molar-refractivity contribution in [2.24, 2.45) is 17.6 Å². The molecule has 2 saturated carbocycles. The summed E-state index contributed by atoms with van der Waals surface area (Å²) in [5.41, 5.74) is 5.98. The number of nitrogens with one attached hydrogen (secondary N) is 1. The Morgan fingerprint density at radius 2 is 1.71 bits per heavy atom. The number of hydrogen-bond acceptors (Lipinski definition) is 2. The SMILES string of the molecule is CC(=O)NC1CC2CC(N)CC(C2)C1. The van der Waals surface area contributed by atoms with Crippen LogP contribution in [0.1, 0.15) is 39.0 Å². The van der Waals surface area contributed by atoms with Crippen LogP contribution >= 0.6 is 0 Å². The first-order valence-corrected chi connectivity index (χ1v) is 5.66. The van der Waals surface area contributed by atoms with E-state index in [0.29, 0.717) is 12.1 Å². The predicted molar refractivity (Wildman–Crippen MR) is 55.6 cm³/mol. The molecule has 14 heavy (non-hydrogen) atoms. The van der Waals surface area contributed by atoms with Crippen LogP contribution in [-0.4, -0.2) is 18.0 Å². The third-order valence-electron chi connectivity index (χ3n) is 3.58. The van der Waals surface area contributed by atoms with Gasteiger partial charge in [0.2, 0.25) is 5.91 Å². The van der Waals surface area contributed by atoms with Crippen LogP contribution < -0.4 is 11.1 Å². The van der Waals surface area contributed by atoms with Gasteiger partial charge in [-0.25, -0.2) is 0 Å². The van der Waals surface area contributed by atoms with Crippen molar-refractivity contribution in [3.63, 3.8) is 0 Å². The molecule has 2 bridgehead atoms. The average molecular weight is 196 g/mol. The van der Waals surface area contributed by atoms with Gasteiger partial charge in [0, 0.05) is 19.0 Å². The molecule has 0 saturated heterocycles. The molecule has 2 unspecified atom stereocenters. The fraction of sp³-hybridized carbons (Fsp3) is 0.909. The van der Waals surface area contributed by atoms with E-state index < -0.39 is 0 Å². The molecule has 0 radical (unpaired) electrons. The third kappa shape index (κ3) is 2.27. The van der Waals surface area contributed by atoms with Gasteiger partial charge in [-0.3, -0.25) is 4.79 Å². The van der Waals surface area contributed by atoms with Gasteiger partial charge in [-0.15, -0.1) is 0 Å². The summed E-state index contributed by atoms with van der Waals surface area (Å²) in [5, 5.41) is 3.05. The van der Waals surface area contributed by atoms with Gasteiger partial charge in [-0.05, 0) is 43.9 Å². The quantitative estimate of drug-likeness (QED) is 0.658. The number of carbonyl (C=O) groups excluding carboxylic acids is 1. The molecular formula is C11H20N2O. The van der Waals surface area contributed by atoms with Gasteiger partial charge < -0.3 is 11.1 Å². The Bertz CT molecular complexity index is 211. The van der Waals surface area contributed by atoms with E-state index in [2.05, 4.69) is 5.32 Å². The maximum absolute atomic E-state index is 11.0. The van der Waals surface area contributed by atoms with Gasteiger partial charge >= 0.3 is 0 Å². The van der Waals surface area contributed by atoms with Crippen LogP contribution in [0, 0.1) is 11.8 Å². The smallest absolute Gasteiger partial charge is 0.217 e. The zero-order chi connectivity index (χ0) is 10.1. The molecule has 2 fully saturated rings. The monoisotopic (exact) mass is 196 g/mol. The normalized spacial score (nSPS) is 41.9. The van der Waals surface area contributed by atoms with Crippen molar-refractivity contribution >= 4 is 5.91 Å². The highest BCUT2D eigenvalue weighted by Gasteiger charge is 2.34. The fourth-order valence-electron chi connectivity index (χ4n) is 3.31. The minimum atomic E-state index is 0.110. The highest BCUT2D eigenvalue weighted by molar-refractivity contribution is 5.73. The summed E-state index contributed by atoms with van der Waals surface area (Å²) in [5.74, 6) is 1.63. The summed E-state index contributed by atoms with van der Waals surface area (Å²) in [4.78, 5) is 11.0. The maximum Gasteiger partial charge on any atom is 0.217 e. The van der Waals surface area contributed by atoms with Gasteiger partial charge in [-0.1, -0.05) is 0 Å². The molecule has 2 rings (SSSR count). The number of nitrogens with two attached hydrogens (primary N) is 1. The summed E-state index contributed by atoms with van der Waals surface area (Å²) in [6.07, 6.45) is 5.94. The second kappa shape index (κ2) is 3.89. The van der Waals surface area contributed by atoms with Crippen LogP contribution in [0.15, 0.2) is 0 Å². The molecule has 0 spiro atoms. The minimum Gasteiger partial charge on any atom is -0.354 e. The third-order valence-corrected chi connectivity index (χ3v) is 3.58. The molecule has 3 nitrogen and oxygen atoms in total. The van der Waals surface area contributed by atoms with E-state index in [4.69, 9.17) is 5.73 Å². The molecule has 1 amide bonds. The van der Waals surface area contributed by atoms with Crippen molar-refractivity contribution in [2.45, 2.75) is 51.1 Å². The van der Waals surface area contributed by atoms with E-state index in [1.807, 2.05) is 0 Å². The lowest BCUT2D eigenvalue weighted by molar-refractivity contribution is -0.120. The first-order valence-electron chi connectivity index (χ1n) is 5.66. The fourth-order valence-corrected chi connectivity index (χ4v) is 3.31. The summed E-state index contributed by atoms with van der Waals surface area (Å²) >= 11 is 0. The molecule has 2 atom stereocenters. The van der Waals surface area contributed by atoms with E-state index >= 15 is 0 Å². The van der Waals surface area contributed by atoms with Gasteiger partial charge in [0.1, 0.15) is 0 Å². The molecule has 0 aromatic heterocycles. The van der Waals surface area contributed by atoms with E-state index in [-0.39, 0.29) is 5.91 Å². The largest absolute Gasteiger partial charge is 0.354 e. The van der Waals surface area contributed by atoms with Crippen molar-refractivity contribution in [2.75, 3.05) is 0 Å². The van der Waals surface area contributed by atoms with Gasteiger partial charge in [0.05, 0.1) is 0 Å². The molecule has 80 valence electrons. The van der Waals surface area contributed by atoms with E-state index in [1.54, 1.807) is 6.92 Å². The molecule has 0 aromatic carbocycles. The van der Waals surface area contributed by atoms with Gasteiger partial charge in [0.15, 0.2) is 0 Å². The number of fused-ring (bicyclic) bond motifs is 2. The molecule has 2 aliphatic rings. The van der Waals surface area contributed by atoms with Crippen LogP contribution in [0.5, 0.6) is 0 Å². The number of amides is 1. The Balaban J connectivity index is 1.92. The standard InChI is InChI=1S/C11H20N2O/c1-7(14)13-11-5-8-2-9(6-11)4-10(12)3-8/h8-11H,2-6,12H2,1H3,(H,13,14). The second-order valence-electron chi connectivity index (χ2n) is 5.07. The van der Waals surface area contributed by atoms with Gasteiger partial charge in [-0.2, -0.15) is 0 Å². The van der Waals surface area contributed by atoms with Crippen LogP contribution in [0.3, 0.4) is 0 Å². The number of hydrogen-bond donors (Lipinski definition) is 2. The zero-order valence-electron chi connectivity index (χ0n) is 8.83. The minimum absolute atomic E-state index is 0.110. The Morgan fingerprint density at radius 1 is 1.14 bits per heavy atom. The Hall–Kier alpha value is -0.570. The molecule has 0 heterocycles. The Kier molecular flexibility index (Phi) is 2.77. The van der Waals surface area contributed by atoms with Crippen LogP contribution in [0.2, 0.25) is 0 Å². The molecule has 0 aliphatic heterocycles. The zero-order valence-corrected chi connectivity index (χ0v) is 8.83. The van der Waals surface area contributed by atoms with Crippen LogP contribution in [0.25, 0.3) is 0 Å². The molecule has 3 heteroatoms. The summed E-state index contributed by atoms with van der Waals surface area (Å²) < 4.78 is 0. The summed E-state index contributed by atoms with van der Waals surface area (Å²) in [6, 6.07) is 0.834. The summed E-state index contributed by atoms with van der Waals surface area (Å²) in [7, 11) is 0. The lowest BCUT2D eigenvalue weighted by atomic mass is 9.69. The van der Waals surface area contributed by atoms with E-state index in [1.165, 1.54) is 6.42 Å². The van der Waals surface area contributed by atoms with Crippen molar-refractivity contribution in [3.05, 3.63) is 0 Å². The van der Waals surface area contributed by atoms with Gasteiger partial charge in [0.25, 0.3) is 0 Å². The Labute approximate surface area is 85.4 Å². The topological polar surface area (TPSA) is 55.1 Å². The molecular weight excluding hydrogens is 176 g/mol. The maximum atomic E-state index is 11.0. The molecule has 3 N–H and O–H groups in total. The van der Waals surface area contributed by atoms with Crippen LogP contribution in [-0.2, 0) is 4.79 Å². The lowest BCUT2D eigenvalue weighted by Crippen LogP contribution is -2.45. The van der Waals surface area contributed by atoms with Crippen molar-refractivity contribution in [1.29, 1.82) is 0 Å². The molecule has 0 aromatic rings. The van der Waals surface area contributed by atoms with Crippen molar-refractivity contribution in [3.8, 4) is 0 Å². The first kappa shape index (κ1) is 9.97. The number of rotatable bonds is 1. The molecule has 2 aliphatic carbocycles. The van der Waals surface area contributed by atoms with E-state index in [9.17, 15) is 4.79 Å². The highest BCUT2D eigenvalue weighted by Crippen LogP contribution is 2.39.